The van der Waals surface area contributed by atoms with E-state index in [-0.39, 0.29) is 0 Å². The van der Waals surface area contributed by atoms with Gasteiger partial charge in [-0.2, -0.15) is 5.10 Å². The number of aromatic nitrogens is 2. The van der Waals surface area contributed by atoms with Crippen molar-refractivity contribution in [2.45, 2.75) is 19.9 Å². The van der Waals surface area contributed by atoms with Gasteiger partial charge in [0.25, 0.3) is 5.56 Å². The first-order valence-corrected chi connectivity index (χ1v) is 5.89. The second-order valence-electron chi connectivity index (χ2n) is 4.38. The van der Waals surface area contributed by atoms with Crippen molar-refractivity contribution in [2.75, 3.05) is 0 Å². The van der Waals surface area contributed by atoms with E-state index in [1.165, 1.54) is 13.0 Å². The molecule has 0 saturated heterocycles. The molecule has 19 heavy (non-hydrogen) atoms. The lowest BCUT2D eigenvalue weighted by Gasteiger charge is -2.10. The Bertz CT molecular complexity index is 659. The highest BCUT2D eigenvalue weighted by Crippen LogP contribution is 2.16. The number of carboxylic acids is 1. The first kappa shape index (κ1) is 13.0. The maximum atomic E-state index is 11.6. The third kappa shape index (κ3) is 2.70. The van der Waals surface area contributed by atoms with E-state index in [1.54, 1.807) is 6.07 Å². The van der Waals surface area contributed by atoms with E-state index in [0.717, 1.165) is 15.8 Å². The summed E-state index contributed by atoms with van der Waals surface area (Å²) in [7, 11) is 0. The predicted octanol–water partition coefficient (Wildman–Crippen LogP) is 1.86. The van der Waals surface area contributed by atoms with Gasteiger partial charge in [-0.05, 0) is 19.9 Å². The maximum Gasteiger partial charge on any atom is 0.328 e. The summed E-state index contributed by atoms with van der Waals surface area (Å²) >= 11 is 0. The van der Waals surface area contributed by atoms with Gasteiger partial charge < -0.3 is 5.11 Å². The smallest absolute Gasteiger partial charge is 0.328 e. The molecule has 2 aromatic rings. The Morgan fingerprint density at radius 1 is 1.21 bits per heavy atom. The Hall–Kier alpha value is -2.43. The Morgan fingerprint density at radius 2 is 1.84 bits per heavy atom. The van der Waals surface area contributed by atoms with Crippen LogP contribution in [-0.4, -0.2) is 20.9 Å². The molecule has 0 spiro atoms. The first-order chi connectivity index (χ1) is 8.99. The van der Waals surface area contributed by atoms with Crippen molar-refractivity contribution in [3.05, 3.63) is 52.3 Å². The highest BCUT2D eigenvalue weighted by atomic mass is 16.4. The third-order valence-electron chi connectivity index (χ3n) is 2.90. The summed E-state index contributed by atoms with van der Waals surface area (Å²) in [6.07, 6.45) is 0. The van der Waals surface area contributed by atoms with E-state index in [4.69, 9.17) is 5.11 Å². The quantitative estimate of drug-likeness (QED) is 0.912. The molecule has 2 rings (SSSR count). The fourth-order valence-corrected chi connectivity index (χ4v) is 1.69. The Labute approximate surface area is 110 Å². The second-order valence-corrected chi connectivity index (χ2v) is 4.38. The molecule has 1 heterocycles. The lowest BCUT2D eigenvalue weighted by atomic mass is 10.1. The molecular weight excluding hydrogens is 244 g/mol. The summed E-state index contributed by atoms with van der Waals surface area (Å²) in [4.78, 5) is 22.6. The number of rotatable bonds is 3. The zero-order chi connectivity index (χ0) is 14.0. The molecule has 1 N–H and O–H groups in total. The number of hydrogen-bond acceptors (Lipinski definition) is 3. The van der Waals surface area contributed by atoms with Crippen molar-refractivity contribution in [3.8, 4) is 11.3 Å². The normalized spacial score (nSPS) is 12.1. The van der Waals surface area contributed by atoms with Crippen LogP contribution in [0.2, 0.25) is 0 Å². The highest BCUT2D eigenvalue weighted by molar-refractivity contribution is 5.71. The third-order valence-corrected chi connectivity index (χ3v) is 2.90. The summed E-state index contributed by atoms with van der Waals surface area (Å²) in [5, 5.41) is 13.1. The monoisotopic (exact) mass is 258 g/mol. The van der Waals surface area contributed by atoms with Crippen LogP contribution in [0.5, 0.6) is 0 Å². The molecular formula is C14H14N2O3. The lowest BCUT2D eigenvalue weighted by molar-refractivity contribution is -0.140. The van der Waals surface area contributed by atoms with E-state index < -0.39 is 17.6 Å². The molecule has 0 radical (unpaired) electrons. The van der Waals surface area contributed by atoms with E-state index in [2.05, 4.69) is 5.10 Å². The maximum absolute atomic E-state index is 11.6. The fourth-order valence-electron chi connectivity index (χ4n) is 1.69. The van der Waals surface area contributed by atoms with Crippen LogP contribution < -0.4 is 5.56 Å². The molecule has 1 aromatic heterocycles. The van der Waals surface area contributed by atoms with E-state index >= 15 is 0 Å². The summed E-state index contributed by atoms with van der Waals surface area (Å²) in [5.41, 5.74) is 2.12. The van der Waals surface area contributed by atoms with E-state index in [9.17, 15) is 9.59 Å². The Balaban J connectivity index is 2.49. The zero-order valence-corrected chi connectivity index (χ0v) is 10.7. The van der Waals surface area contributed by atoms with Crippen LogP contribution >= 0.6 is 0 Å². The fraction of sp³-hybridized carbons (Fsp3) is 0.214. The minimum atomic E-state index is -1.09. The van der Waals surface area contributed by atoms with Gasteiger partial charge in [-0.15, -0.1) is 0 Å². The van der Waals surface area contributed by atoms with Crippen molar-refractivity contribution >= 4 is 5.97 Å². The molecule has 5 heteroatoms. The number of hydrogen-bond donors (Lipinski definition) is 1. The number of benzene rings is 1. The molecule has 98 valence electrons. The van der Waals surface area contributed by atoms with Gasteiger partial charge >= 0.3 is 5.97 Å². The zero-order valence-electron chi connectivity index (χ0n) is 10.7. The average molecular weight is 258 g/mol. The van der Waals surface area contributed by atoms with Crippen molar-refractivity contribution < 1.29 is 9.90 Å². The summed E-state index contributed by atoms with van der Waals surface area (Å²) in [5.74, 6) is -1.09. The minimum absolute atomic E-state index is 0.425. The molecule has 0 fully saturated rings. The first-order valence-electron chi connectivity index (χ1n) is 5.89. The van der Waals surface area contributed by atoms with Crippen LogP contribution in [-0.2, 0) is 4.79 Å². The largest absolute Gasteiger partial charge is 0.480 e. The van der Waals surface area contributed by atoms with Gasteiger partial charge in [-0.25, -0.2) is 9.48 Å². The summed E-state index contributed by atoms with van der Waals surface area (Å²) < 4.78 is 0.984. The second kappa shape index (κ2) is 5.06. The van der Waals surface area contributed by atoms with Gasteiger partial charge in [0.1, 0.15) is 0 Å². The van der Waals surface area contributed by atoms with Crippen LogP contribution in [0.4, 0.5) is 0 Å². The average Bonchev–Trinajstić information content (AvgIpc) is 2.39. The van der Waals surface area contributed by atoms with Crippen molar-refractivity contribution in [2.24, 2.45) is 0 Å². The summed E-state index contributed by atoms with van der Waals surface area (Å²) in [6.45, 7) is 3.40. The van der Waals surface area contributed by atoms with Gasteiger partial charge in [-0.3, -0.25) is 4.79 Å². The number of nitrogens with zero attached hydrogens (tertiary/aromatic N) is 2. The van der Waals surface area contributed by atoms with Crippen molar-refractivity contribution in [1.82, 2.24) is 9.78 Å². The molecule has 0 saturated carbocycles. The standard InChI is InChI=1S/C14H14N2O3/c1-9-3-5-11(6-4-9)12-7-8-13(17)16(15-12)10(2)14(18)19/h3-8,10H,1-2H3,(H,18,19). The van der Waals surface area contributed by atoms with Crippen molar-refractivity contribution in [3.63, 3.8) is 0 Å². The Morgan fingerprint density at radius 3 is 2.42 bits per heavy atom. The highest BCUT2D eigenvalue weighted by Gasteiger charge is 2.16. The van der Waals surface area contributed by atoms with Gasteiger partial charge in [0.15, 0.2) is 6.04 Å². The van der Waals surface area contributed by atoms with Crippen LogP contribution in [0.25, 0.3) is 11.3 Å². The molecule has 1 aromatic carbocycles. The molecule has 0 amide bonds. The molecule has 5 nitrogen and oxygen atoms in total. The van der Waals surface area contributed by atoms with Gasteiger partial charge in [0.05, 0.1) is 5.69 Å². The molecule has 1 unspecified atom stereocenters. The summed E-state index contributed by atoms with van der Waals surface area (Å²) in [6, 6.07) is 9.59. The van der Waals surface area contributed by atoms with Crippen LogP contribution in [0, 0.1) is 6.92 Å². The van der Waals surface area contributed by atoms with E-state index in [1.807, 2.05) is 31.2 Å². The van der Waals surface area contributed by atoms with E-state index in [0.29, 0.717) is 5.69 Å². The van der Waals surface area contributed by atoms with Crippen LogP contribution in [0.3, 0.4) is 0 Å². The van der Waals surface area contributed by atoms with Crippen LogP contribution in [0.15, 0.2) is 41.2 Å². The number of aryl methyl sites for hydroxylation is 1. The number of aliphatic carboxylic acids is 1. The molecule has 1 atom stereocenters. The van der Waals surface area contributed by atoms with Crippen molar-refractivity contribution in [1.29, 1.82) is 0 Å². The molecule has 0 aliphatic rings. The topological polar surface area (TPSA) is 72.2 Å². The van der Waals surface area contributed by atoms with Gasteiger partial charge in [-0.1, -0.05) is 29.8 Å². The minimum Gasteiger partial charge on any atom is -0.480 e. The number of carboxylic acid groups (broad SMARTS) is 1. The number of carbonyl (C=O) groups is 1. The van der Waals surface area contributed by atoms with Gasteiger partial charge in [0.2, 0.25) is 0 Å². The SMILES string of the molecule is Cc1ccc(-c2ccc(=O)n(C(C)C(=O)O)n2)cc1. The lowest BCUT2D eigenvalue weighted by Crippen LogP contribution is -2.29. The predicted molar refractivity (Wildman–Crippen MR) is 71.0 cm³/mol. The molecule has 0 bridgehead atoms. The Kier molecular flexibility index (Phi) is 3.46. The molecule has 0 aliphatic carbocycles. The van der Waals surface area contributed by atoms with Gasteiger partial charge in [0, 0.05) is 11.6 Å². The van der Waals surface area contributed by atoms with Crippen LogP contribution in [0.1, 0.15) is 18.5 Å². The molecule has 0 aliphatic heterocycles.